The Kier molecular flexibility index (Phi) is 4.38. The van der Waals surface area contributed by atoms with Crippen LogP contribution in [0.3, 0.4) is 0 Å². The summed E-state index contributed by atoms with van der Waals surface area (Å²) in [7, 11) is 0. The van der Waals surface area contributed by atoms with Crippen LogP contribution in [0.5, 0.6) is 0 Å². The van der Waals surface area contributed by atoms with Crippen molar-refractivity contribution in [2.45, 2.75) is 26.7 Å². The van der Waals surface area contributed by atoms with Crippen LogP contribution in [0, 0.1) is 23.0 Å². The molecular formula is C15H20F2N2O. The average Bonchev–Trinajstić information content (AvgIpc) is 2.38. The Labute approximate surface area is 117 Å². The molecule has 1 atom stereocenters. The maximum atomic E-state index is 13.1. The minimum absolute atomic E-state index is 0.157. The standard InChI is InChI=1S/C15H20F2N2O/c1-15(2,10-4-3-5-18-9-10)14(20)19-13-7-11(16)6-12(17)8-13/h6-8,10,18H,3-5,9H2,1-2H3,(H,19,20). The van der Waals surface area contributed by atoms with E-state index >= 15 is 0 Å². The van der Waals surface area contributed by atoms with Crippen molar-refractivity contribution in [2.24, 2.45) is 11.3 Å². The van der Waals surface area contributed by atoms with Gasteiger partial charge in [0.2, 0.25) is 5.91 Å². The Balaban J connectivity index is 2.09. The fourth-order valence-electron chi connectivity index (χ4n) is 2.57. The van der Waals surface area contributed by atoms with E-state index in [1.54, 1.807) is 0 Å². The molecule has 1 heterocycles. The van der Waals surface area contributed by atoms with E-state index in [2.05, 4.69) is 10.6 Å². The topological polar surface area (TPSA) is 41.1 Å². The van der Waals surface area contributed by atoms with E-state index in [0.29, 0.717) is 0 Å². The van der Waals surface area contributed by atoms with E-state index in [9.17, 15) is 13.6 Å². The van der Waals surface area contributed by atoms with Gasteiger partial charge < -0.3 is 10.6 Å². The van der Waals surface area contributed by atoms with Gasteiger partial charge in [-0.2, -0.15) is 0 Å². The van der Waals surface area contributed by atoms with Gasteiger partial charge in [0.15, 0.2) is 0 Å². The van der Waals surface area contributed by atoms with Crippen LogP contribution >= 0.6 is 0 Å². The van der Waals surface area contributed by atoms with Gasteiger partial charge in [-0.15, -0.1) is 0 Å². The average molecular weight is 282 g/mol. The zero-order chi connectivity index (χ0) is 14.8. The van der Waals surface area contributed by atoms with E-state index < -0.39 is 17.0 Å². The predicted octanol–water partition coefficient (Wildman–Crippen LogP) is 2.93. The maximum absolute atomic E-state index is 13.1. The van der Waals surface area contributed by atoms with Crippen molar-refractivity contribution >= 4 is 11.6 Å². The summed E-state index contributed by atoms with van der Waals surface area (Å²) in [6.45, 7) is 5.51. The quantitative estimate of drug-likeness (QED) is 0.895. The highest BCUT2D eigenvalue weighted by atomic mass is 19.1. The van der Waals surface area contributed by atoms with Crippen molar-refractivity contribution in [3.8, 4) is 0 Å². The Morgan fingerprint density at radius 3 is 2.50 bits per heavy atom. The van der Waals surface area contributed by atoms with E-state index in [1.807, 2.05) is 13.8 Å². The van der Waals surface area contributed by atoms with E-state index in [1.165, 1.54) is 0 Å². The number of amides is 1. The first-order valence-electron chi connectivity index (χ1n) is 6.88. The molecule has 0 spiro atoms. The summed E-state index contributed by atoms with van der Waals surface area (Å²) in [5.74, 6) is -1.39. The number of carbonyl (C=O) groups excluding carboxylic acids is 1. The molecule has 1 aliphatic rings. The number of rotatable bonds is 3. The summed E-state index contributed by atoms with van der Waals surface area (Å²) >= 11 is 0. The zero-order valence-electron chi connectivity index (χ0n) is 11.8. The number of carbonyl (C=O) groups is 1. The predicted molar refractivity (Wildman–Crippen MR) is 74.4 cm³/mol. The van der Waals surface area contributed by atoms with Gasteiger partial charge in [-0.25, -0.2) is 8.78 Å². The van der Waals surface area contributed by atoms with Gasteiger partial charge in [0, 0.05) is 17.2 Å². The molecule has 1 aromatic carbocycles. The third kappa shape index (κ3) is 3.33. The molecule has 0 aliphatic carbocycles. The van der Waals surface area contributed by atoms with Crippen LogP contribution in [0.1, 0.15) is 26.7 Å². The molecule has 0 aromatic heterocycles. The molecule has 1 aliphatic heterocycles. The molecule has 2 N–H and O–H groups in total. The SMILES string of the molecule is CC(C)(C(=O)Nc1cc(F)cc(F)c1)C1CCCNC1. The lowest BCUT2D eigenvalue weighted by atomic mass is 9.74. The summed E-state index contributed by atoms with van der Waals surface area (Å²) < 4.78 is 26.3. The Hall–Kier alpha value is -1.49. The molecular weight excluding hydrogens is 262 g/mol. The van der Waals surface area contributed by atoms with E-state index in [-0.39, 0.29) is 17.5 Å². The molecule has 5 heteroatoms. The van der Waals surface area contributed by atoms with E-state index in [0.717, 1.165) is 44.1 Å². The van der Waals surface area contributed by atoms with Crippen molar-refractivity contribution in [3.05, 3.63) is 29.8 Å². The smallest absolute Gasteiger partial charge is 0.230 e. The summed E-state index contributed by atoms with van der Waals surface area (Å²) in [4.78, 5) is 12.4. The van der Waals surface area contributed by atoms with Crippen LogP contribution in [-0.4, -0.2) is 19.0 Å². The van der Waals surface area contributed by atoms with Crippen molar-refractivity contribution in [1.82, 2.24) is 5.32 Å². The summed E-state index contributed by atoms with van der Waals surface area (Å²) in [5.41, 5.74) is -0.430. The van der Waals surface area contributed by atoms with Gasteiger partial charge in [0.25, 0.3) is 0 Å². The molecule has 1 aromatic rings. The normalized spacial score (nSPS) is 19.7. The number of hydrogen-bond acceptors (Lipinski definition) is 2. The first-order chi connectivity index (χ1) is 9.39. The molecule has 1 amide bonds. The van der Waals surface area contributed by atoms with Crippen molar-refractivity contribution in [3.63, 3.8) is 0 Å². The largest absolute Gasteiger partial charge is 0.325 e. The van der Waals surface area contributed by atoms with E-state index in [4.69, 9.17) is 0 Å². The molecule has 2 rings (SSSR count). The number of piperidine rings is 1. The molecule has 20 heavy (non-hydrogen) atoms. The first kappa shape index (κ1) is 14.9. The van der Waals surface area contributed by atoms with Gasteiger partial charge >= 0.3 is 0 Å². The van der Waals surface area contributed by atoms with Crippen molar-refractivity contribution < 1.29 is 13.6 Å². The van der Waals surface area contributed by atoms with Crippen LogP contribution in [0.2, 0.25) is 0 Å². The monoisotopic (exact) mass is 282 g/mol. The third-order valence-electron chi connectivity index (χ3n) is 4.02. The zero-order valence-corrected chi connectivity index (χ0v) is 11.8. The van der Waals surface area contributed by atoms with Gasteiger partial charge in [-0.3, -0.25) is 4.79 Å². The minimum Gasteiger partial charge on any atom is -0.325 e. The highest BCUT2D eigenvalue weighted by molar-refractivity contribution is 5.95. The lowest BCUT2D eigenvalue weighted by molar-refractivity contribution is -0.127. The van der Waals surface area contributed by atoms with Gasteiger partial charge in [0.05, 0.1) is 0 Å². The molecule has 0 radical (unpaired) electrons. The Bertz CT molecular complexity index is 476. The maximum Gasteiger partial charge on any atom is 0.230 e. The number of hydrogen-bond donors (Lipinski definition) is 2. The van der Waals surface area contributed by atoms with Crippen LogP contribution in [-0.2, 0) is 4.79 Å². The molecule has 3 nitrogen and oxygen atoms in total. The second-order valence-corrected chi connectivity index (χ2v) is 5.88. The summed E-state index contributed by atoms with van der Waals surface area (Å²) in [6.07, 6.45) is 2.01. The number of benzene rings is 1. The first-order valence-corrected chi connectivity index (χ1v) is 6.88. The second kappa shape index (κ2) is 5.87. The fourth-order valence-corrected chi connectivity index (χ4v) is 2.57. The highest BCUT2D eigenvalue weighted by Crippen LogP contribution is 2.33. The third-order valence-corrected chi connectivity index (χ3v) is 4.02. The number of halogens is 2. The van der Waals surface area contributed by atoms with Crippen LogP contribution in [0.25, 0.3) is 0 Å². The number of anilines is 1. The Morgan fingerprint density at radius 1 is 1.30 bits per heavy atom. The molecule has 1 fully saturated rings. The summed E-state index contributed by atoms with van der Waals surface area (Å²) in [6, 6.07) is 3.03. The Morgan fingerprint density at radius 2 is 1.95 bits per heavy atom. The van der Waals surface area contributed by atoms with Gasteiger partial charge in [-0.05, 0) is 44.0 Å². The van der Waals surface area contributed by atoms with Crippen molar-refractivity contribution in [2.75, 3.05) is 18.4 Å². The van der Waals surface area contributed by atoms with Gasteiger partial charge in [-0.1, -0.05) is 13.8 Å². The van der Waals surface area contributed by atoms with Crippen LogP contribution < -0.4 is 10.6 Å². The molecule has 0 saturated carbocycles. The second-order valence-electron chi connectivity index (χ2n) is 5.88. The number of nitrogens with one attached hydrogen (secondary N) is 2. The highest BCUT2D eigenvalue weighted by Gasteiger charge is 2.37. The fraction of sp³-hybridized carbons (Fsp3) is 0.533. The summed E-state index contributed by atoms with van der Waals surface area (Å²) in [5, 5.41) is 5.89. The van der Waals surface area contributed by atoms with Crippen LogP contribution in [0.4, 0.5) is 14.5 Å². The molecule has 0 bridgehead atoms. The molecule has 1 saturated heterocycles. The molecule has 1 unspecified atom stereocenters. The lowest BCUT2D eigenvalue weighted by Crippen LogP contribution is -2.44. The van der Waals surface area contributed by atoms with Gasteiger partial charge in [0.1, 0.15) is 11.6 Å². The van der Waals surface area contributed by atoms with Crippen molar-refractivity contribution in [1.29, 1.82) is 0 Å². The van der Waals surface area contributed by atoms with Crippen LogP contribution in [0.15, 0.2) is 18.2 Å². The minimum atomic E-state index is -0.697. The lowest BCUT2D eigenvalue weighted by Gasteiger charge is -2.36. The molecule has 110 valence electrons.